The van der Waals surface area contributed by atoms with Crippen molar-refractivity contribution in [2.75, 3.05) is 10.6 Å². The second-order valence-corrected chi connectivity index (χ2v) is 6.63. The molecule has 4 N–H and O–H groups in total. The number of aromatic hydroxyl groups is 1. The van der Waals surface area contributed by atoms with Crippen molar-refractivity contribution in [2.24, 2.45) is 0 Å². The van der Waals surface area contributed by atoms with Crippen molar-refractivity contribution in [3.63, 3.8) is 0 Å². The molecule has 0 aliphatic heterocycles. The first kappa shape index (κ1) is 17.7. The number of hydrogen-bond acceptors (Lipinski definition) is 4. The van der Waals surface area contributed by atoms with Crippen LogP contribution < -0.4 is 16.1 Å². The summed E-state index contributed by atoms with van der Waals surface area (Å²) >= 11 is 0. The zero-order chi connectivity index (χ0) is 19.5. The number of carbonyl (C=O) groups excluding carboxylic acids is 1. The van der Waals surface area contributed by atoms with Gasteiger partial charge in [0.05, 0.1) is 18.4 Å². The van der Waals surface area contributed by atoms with Gasteiger partial charge in [-0.2, -0.15) is 0 Å². The number of nitrogens with one attached hydrogen (secondary N) is 3. The molecule has 0 atom stereocenters. The van der Waals surface area contributed by atoms with E-state index in [1.165, 1.54) is 0 Å². The summed E-state index contributed by atoms with van der Waals surface area (Å²) in [7, 11) is 1.91. The fourth-order valence-electron chi connectivity index (χ4n) is 3.04. The zero-order valence-electron chi connectivity index (χ0n) is 15.4. The van der Waals surface area contributed by atoms with Crippen LogP contribution in [0.3, 0.4) is 0 Å². The smallest absolute Gasteiger partial charge is 0.255 e. The SMILES string of the molecule is Bc1ccccc1C(=O)Nc1cnc2[nH]c(CNc3ccc(O)cc3)cc2c1. The molecule has 0 aliphatic rings. The first-order chi connectivity index (χ1) is 13.6. The Morgan fingerprint density at radius 1 is 1.07 bits per heavy atom. The standard InChI is InChI=1S/C21H19BN4O2/c22-19-4-2-1-3-18(19)21(28)26-16-10-13-9-15(25-20(13)24-12-16)11-23-14-5-7-17(27)8-6-14/h1-10,12,23,27H,11,22H2,(H,24,25)(H,26,28). The zero-order valence-corrected chi connectivity index (χ0v) is 15.4. The molecule has 138 valence electrons. The average molecular weight is 370 g/mol. The third-order valence-electron chi connectivity index (χ3n) is 4.52. The number of aromatic amines is 1. The highest BCUT2D eigenvalue weighted by Crippen LogP contribution is 2.20. The maximum absolute atomic E-state index is 12.5. The number of carbonyl (C=O) groups is 1. The third kappa shape index (κ3) is 3.83. The number of phenols is 1. The van der Waals surface area contributed by atoms with Gasteiger partial charge in [-0.05, 0) is 36.4 Å². The Balaban J connectivity index is 1.47. The predicted molar refractivity (Wildman–Crippen MR) is 114 cm³/mol. The minimum Gasteiger partial charge on any atom is -0.508 e. The minimum atomic E-state index is -0.149. The molecule has 0 spiro atoms. The summed E-state index contributed by atoms with van der Waals surface area (Å²) in [5.41, 5.74) is 4.87. The van der Waals surface area contributed by atoms with Crippen LogP contribution in [0.4, 0.5) is 11.4 Å². The lowest BCUT2D eigenvalue weighted by molar-refractivity contribution is 0.102. The molecule has 0 saturated carbocycles. The number of hydrogen-bond donors (Lipinski definition) is 4. The molecule has 4 aromatic rings. The number of fused-ring (bicyclic) bond motifs is 1. The summed E-state index contributed by atoms with van der Waals surface area (Å²) in [4.78, 5) is 20.2. The van der Waals surface area contributed by atoms with Gasteiger partial charge < -0.3 is 20.7 Å². The summed E-state index contributed by atoms with van der Waals surface area (Å²) < 4.78 is 0. The minimum absolute atomic E-state index is 0.149. The molecule has 2 heterocycles. The lowest BCUT2D eigenvalue weighted by Gasteiger charge is -2.07. The van der Waals surface area contributed by atoms with Crippen LogP contribution in [-0.2, 0) is 6.54 Å². The van der Waals surface area contributed by atoms with Crippen LogP contribution in [0.1, 0.15) is 16.1 Å². The van der Waals surface area contributed by atoms with Gasteiger partial charge >= 0.3 is 0 Å². The van der Waals surface area contributed by atoms with Crippen molar-refractivity contribution in [2.45, 2.75) is 6.54 Å². The molecular weight excluding hydrogens is 351 g/mol. The van der Waals surface area contributed by atoms with Crippen molar-refractivity contribution >= 4 is 41.6 Å². The first-order valence-corrected chi connectivity index (χ1v) is 8.96. The van der Waals surface area contributed by atoms with E-state index in [1.807, 2.05) is 50.3 Å². The Kier molecular flexibility index (Phi) is 4.72. The third-order valence-corrected chi connectivity index (χ3v) is 4.52. The first-order valence-electron chi connectivity index (χ1n) is 8.96. The van der Waals surface area contributed by atoms with Crippen LogP contribution in [0.5, 0.6) is 5.75 Å². The number of amides is 1. The molecule has 0 unspecified atom stereocenters. The van der Waals surface area contributed by atoms with Gasteiger partial charge in [-0.15, -0.1) is 0 Å². The molecule has 4 rings (SSSR count). The highest BCUT2D eigenvalue weighted by atomic mass is 16.3. The van der Waals surface area contributed by atoms with Gasteiger partial charge in [-0.25, -0.2) is 4.98 Å². The molecule has 2 aromatic carbocycles. The summed E-state index contributed by atoms with van der Waals surface area (Å²) in [6.07, 6.45) is 1.65. The van der Waals surface area contributed by atoms with E-state index in [0.717, 1.165) is 27.9 Å². The monoisotopic (exact) mass is 370 g/mol. The van der Waals surface area contributed by atoms with Gasteiger partial charge in [0.25, 0.3) is 5.91 Å². The Bertz CT molecular complexity index is 1140. The van der Waals surface area contributed by atoms with Gasteiger partial charge in [-0.3, -0.25) is 4.79 Å². The molecule has 7 heteroatoms. The molecular formula is C21H19BN4O2. The number of benzene rings is 2. The second kappa shape index (κ2) is 7.48. The fourth-order valence-corrected chi connectivity index (χ4v) is 3.04. The number of rotatable bonds is 5. The van der Waals surface area contributed by atoms with Crippen molar-refractivity contribution in [3.8, 4) is 5.75 Å². The van der Waals surface area contributed by atoms with Gasteiger partial charge in [0.2, 0.25) is 0 Å². The van der Waals surface area contributed by atoms with Crippen LogP contribution >= 0.6 is 0 Å². The van der Waals surface area contributed by atoms with Crippen molar-refractivity contribution < 1.29 is 9.90 Å². The van der Waals surface area contributed by atoms with Gasteiger partial charge in [0.1, 0.15) is 19.2 Å². The molecule has 0 radical (unpaired) electrons. The van der Waals surface area contributed by atoms with Crippen molar-refractivity contribution in [1.82, 2.24) is 9.97 Å². The Morgan fingerprint density at radius 2 is 1.86 bits per heavy atom. The molecule has 0 saturated heterocycles. The highest BCUT2D eigenvalue weighted by Gasteiger charge is 2.10. The van der Waals surface area contributed by atoms with Crippen LogP contribution in [0.25, 0.3) is 11.0 Å². The van der Waals surface area contributed by atoms with Gasteiger partial charge in [0, 0.05) is 22.3 Å². The number of pyridine rings is 1. The quantitative estimate of drug-likeness (QED) is 0.321. The second-order valence-electron chi connectivity index (χ2n) is 6.63. The number of H-pyrrole nitrogens is 1. The average Bonchev–Trinajstić information content (AvgIpc) is 3.10. The number of aromatic nitrogens is 2. The summed E-state index contributed by atoms with van der Waals surface area (Å²) in [6.45, 7) is 0.589. The molecule has 6 nitrogen and oxygen atoms in total. The molecule has 1 amide bonds. The molecule has 0 bridgehead atoms. The van der Waals surface area contributed by atoms with E-state index in [0.29, 0.717) is 17.8 Å². The number of phenolic OH excluding ortho intramolecular Hbond substituents is 1. The van der Waals surface area contributed by atoms with Crippen molar-refractivity contribution in [1.29, 1.82) is 0 Å². The van der Waals surface area contributed by atoms with Gasteiger partial charge in [0.15, 0.2) is 0 Å². The van der Waals surface area contributed by atoms with Gasteiger partial charge in [-0.1, -0.05) is 29.7 Å². The number of anilines is 2. The molecule has 0 aliphatic carbocycles. The Labute approximate surface area is 163 Å². The lowest BCUT2D eigenvalue weighted by atomic mass is 9.90. The van der Waals surface area contributed by atoms with Crippen LogP contribution in [-0.4, -0.2) is 28.8 Å². The molecule has 0 fully saturated rings. The topological polar surface area (TPSA) is 90.0 Å². The normalized spacial score (nSPS) is 10.7. The highest BCUT2D eigenvalue weighted by molar-refractivity contribution is 6.37. The Morgan fingerprint density at radius 3 is 2.64 bits per heavy atom. The Hall–Kier alpha value is -3.74. The van der Waals surface area contributed by atoms with E-state index >= 15 is 0 Å². The van der Waals surface area contributed by atoms with E-state index in [-0.39, 0.29) is 11.7 Å². The van der Waals surface area contributed by atoms with E-state index in [9.17, 15) is 9.90 Å². The maximum atomic E-state index is 12.5. The van der Waals surface area contributed by atoms with E-state index in [4.69, 9.17) is 0 Å². The van der Waals surface area contributed by atoms with Crippen LogP contribution in [0.2, 0.25) is 0 Å². The number of nitrogens with zero attached hydrogens (tertiary/aromatic N) is 1. The fraction of sp³-hybridized carbons (Fsp3) is 0.0476. The summed E-state index contributed by atoms with van der Waals surface area (Å²) in [6, 6.07) is 18.3. The lowest BCUT2D eigenvalue weighted by Crippen LogP contribution is -2.21. The summed E-state index contributed by atoms with van der Waals surface area (Å²) in [5.74, 6) is 0.0876. The predicted octanol–water partition coefficient (Wildman–Crippen LogP) is 2.39. The van der Waals surface area contributed by atoms with E-state index < -0.39 is 0 Å². The molecule has 28 heavy (non-hydrogen) atoms. The van der Waals surface area contributed by atoms with Crippen LogP contribution in [0.15, 0.2) is 66.9 Å². The maximum Gasteiger partial charge on any atom is 0.255 e. The largest absolute Gasteiger partial charge is 0.508 e. The summed E-state index contributed by atoms with van der Waals surface area (Å²) in [5, 5.41) is 16.5. The van der Waals surface area contributed by atoms with Crippen LogP contribution in [0, 0.1) is 0 Å². The van der Waals surface area contributed by atoms with E-state index in [2.05, 4.69) is 20.6 Å². The van der Waals surface area contributed by atoms with E-state index in [1.54, 1.807) is 24.4 Å². The molecule has 2 aromatic heterocycles. The van der Waals surface area contributed by atoms with Crippen molar-refractivity contribution in [3.05, 3.63) is 78.1 Å².